The molecule has 0 bridgehead atoms. The molecule has 0 radical (unpaired) electrons. The predicted molar refractivity (Wildman–Crippen MR) is 127 cm³/mol. The second-order valence-electron chi connectivity index (χ2n) is 8.64. The fourth-order valence-electron chi connectivity index (χ4n) is 5.29. The molecule has 0 amide bonds. The molecule has 0 aliphatic heterocycles. The normalized spacial score (nSPS) is 22.7. The van der Waals surface area contributed by atoms with Crippen molar-refractivity contribution >= 4 is 21.5 Å². The lowest BCUT2D eigenvalue weighted by molar-refractivity contribution is 0.654. The van der Waals surface area contributed by atoms with Crippen LogP contribution in [0.15, 0.2) is 115 Å². The van der Waals surface area contributed by atoms with E-state index in [1.54, 1.807) is 0 Å². The van der Waals surface area contributed by atoms with Gasteiger partial charge >= 0.3 is 0 Å². The van der Waals surface area contributed by atoms with E-state index in [4.69, 9.17) is 0 Å². The highest BCUT2D eigenvalue weighted by atomic mass is 14.7. The second kappa shape index (κ2) is 6.31. The van der Waals surface area contributed by atoms with Gasteiger partial charge in [0.1, 0.15) is 0 Å². The molecule has 2 atom stereocenters. The largest absolute Gasteiger partial charge is 0.0622 e. The zero-order chi connectivity index (χ0) is 21.1. The van der Waals surface area contributed by atoms with Crippen molar-refractivity contribution in [2.45, 2.75) is 24.2 Å². The minimum Gasteiger partial charge on any atom is -0.0622 e. The molecule has 1 aliphatic carbocycles. The van der Waals surface area contributed by atoms with Crippen molar-refractivity contribution in [3.63, 3.8) is 0 Å². The number of hydrogen-bond donors (Lipinski definition) is 0. The lowest BCUT2D eigenvalue weighted by Crippen LogP contribution is -2.21. The van der Waals surface area contributed by atoms with Gasteiger partial charge in [-0.25, -0.2) is 0 Å². The first-order chi connectivity index (χ1) is 15.2. The van der Waals surface area contributed by atoms with Crippen LogP contribution in [0.5, 0.6) is 0 Å². The Labute approximate surface area is 179 Å². The van der Waals surface area contributed by atoms with Crippen molar-refractivity contribution in [2.24, 2.45) is 0 Å². The van der Waals surface area contributed by atoms with Crippen LogP contribution in [-0.2, 0) is 10.8 Å². The van der Waals surface area contributed by atoms with E-state index in [1.807, 2.05) is 0 Å². The molecule has 30 heavy (non-hydrogen) atoms. The van der Waals surface area contributed by atoms with Gasteiger partial charge in [0.25, 0.3) is 0 Å². The van der Waals surface area contributed by atoms with Gasteiger partial charge in [-0.1, -0.05) is 122 Å². The van der Waals surface area contributed by atoms with Crippen molar-refractivity contribution in [3.8, 4) is 0 Å². The zero-order valence-corrected chi connectivity index (χ0v) is 17.0. The summed E-state index contributed by atoms with van der Waals surface area (Å²) in [6.07, 6.45) is -0.260. The van der Waals surface area contributed by atoms with E-state index in [1.165, 1.54) is 38.2 Å². The maximum Gasteiger partial charge on any atom is 0.0306 e. The Morgan fingerprint density at radius 2 is 1.00 bits per heavy atom. The Morgan fingerprint density at radius 3 is 1.53 bits per heavy atom. The molecular weight excluding hydrogens is 360 g/mol. The standard InChI is InChI=1S/C30H24/c1-29(26-13-3-2-4-14-26)21-30(29,27-17-15-22-9-5-7-11-24(22)19-27)28-18-16-23-10-6-8-12-25(23)20-28/h2-20H,21H2,1H3/t29-/m1/s1/i21D/t21-,29+/m0. The first-order valence-corrected chi connectivity index (χ1v) is 10.6. The first-order valence-electron chi connectivity index (χ1n) is 11.2. The molecule has 144 valence electrons. The third-order valence-electron chi connectivity index (χ3n) is 7.02. The van der Waals surface area contributed by atoms with E-state index in [9.17, 15) is 1.37 Å². The van der Waals surface area contributed by atoms with E-state index in [-0.39, 0.29) is 17.2 Å². The van der Waals surface area contributed by atoms with Gasteiger partial charge in [0, 0.05) is 12.2 Å². The lowest BCUT2D eigenvalue weighted by atomic mass is 9.77. The maximum atomic E-state index is 9.38. The van der Waals surface area contributed by atoms with Gasteiger partial charge in [0.2, 0.25) is 0 Å². The Kier molecular flexibility index (Phi) is 3.45. The molecule has 0 aromatic heterocycles. The monoisotopic (exact) mass is 385 g/mol. The average molecular weight is 386 g/mol. The molecule has 1 fully saturated rings. The summed E-state index contributed by atoms with van der Waals surface area (Å²) in [7, 11) is 0. The molecule has 1 saturated carbocycles. The third-order valence-corrected chi connectivity index (χ3v) is 7.02. The Morgan fingerprint density at radius 1 is 0.533 bits per heavy atom. The van der Waals surface area contributed by atoms with Gasteiger partial charge in [0.05, 0.1) is 0 Å². The highest BCUT2D eigenvalue weighted by Crippen LogP contribution is 2.68. The summed E-state index contributed by atoms with van der Waals surface area (Å²) in [4.78, 5) is 0. The summed E-state index contributed by atoms with van der Waals surface area (Å²) in [5, 5.41) is 4.94. The number of rotatable bonds is 3. The average Bonchev–Trinajstić information content (AvgIpc) is 3.35. The van der Waals surface area contributed by atoms with Crippen LogP contribution < -0.4 is 0 Å². The minimum absolute atomic E-state index is 0.260. The van der Waals surface area contributed by atoms with Crippen LogP contribution in [0.1, 0.15) is 31.4 Å². The summed E-state index contributed by atoms with van der Waals surface area (Å²) in [5.41, 5.74) is 3.01. The molecule has 5 aromatic carbocycles. The molecule has 0 heterocycles. The molecule has 1 aliphatic rings. The van der Waals surface area contributed by atoms with Crippen molar-refractivity contribution in [2.75, 3.05) is 0 Å². The molecule has 0 N–H and O–H groups in total. The molecule has 0 heteroatoms. The zero-order valence-electron chi connectivity index (χ0n) is 18.0. The van der Waals surface area contributed by atoms with Crippen molar-refractivity contribution in [1.29, 1.82) is 0 Å². The van der Waals surface area contributed by atoms with Gasteiger partial charge in [-0.2, -0.15) is 0 Å². The van der Waals surface area contributed by atoms with E-state index in [0.29, 0.717) is 0 Å². The van der Waals surface area contributed by atoms with E-state index in [0.717, 1.165) is 0 Å². The van der Waals surface area contributed by atoms with E-state index in [2.05, 4.69) is 122 Å². The van der Waals surface area contributed by atoms with Gasteiger partial charge in [-0.3, -0.25) is 0 Å². The maximum absolute atomic E-state index is 9.38. The van der Waals surface area contributed by atoms with Crippen LogP contribution >= 0.6 is 0 Å². The van der Waals surface area contributed by atoms with Crippen molar-refractivity contribution < 1.29 is 1.37 Å². The molecule has 0 saturated heterocycles. The topological polar surface area (TPSA) is 0 Å². The smallest absolute Gasteiger partial charge is 0.0306 e. The minimum atomic E-state index is -0.386. The fourth-order valence-corrected chi connectivity index (χ4v) is 5.29. The SMILES string of the molecule is [2H][C@@H]1C(c2ccc3ccccc3c2)(c2ccc3ccccc3c2)[C@@]1(C)c1ccccc1. The second-order valence-corrected chi connectivity index (χ2v) is 8.64. The Balaban J connectivity index is 1.64. The fraction of sp³-hybridized carbons (Fsp3) is 0.133. The Hall–Kier alpha value is -3.38. The summed E-state index contributed by atoms with van der Waals surface area (Å²) in [5.74, 6) is 0. The molecule has 0 nitrogen and oxygen atoms in total. The van der Waals surface area contributed by atoms with Crippen LogP contribution in [0, 0.1) is 0 Å². The van der Waals surface area contributed by atoms with Gasteiger partial charge in [-0.05, 0) is 44.6 Å². The van der Waals surface area contributed by atoms with E-state index >= 15 is 0 Å². The first kappa shape index (κ1) is 16.4. The summed E-state index contributed by atoms with van der Waals surface area (Å²) in [6.45, 7) is 2.27. The van der Waals surface area contributed by atoms with Crippen LogP contribution in [-0.4, -0.2) is 0 Å². The summed E-state index contributed by atoms with van der Waals surface area (Å²) >= 11 is 0. The van der Waals surface area contributed by atoms with Gasteiger partial charge in [0.15, 0.2) is 0 Å². The number of fused-ring (bicyclic) bond motifs is 2. The van der Waals surface area contributed by atoms with Crippen molar-refractivity contribution in [3.05, 3.63) is 132 Å². The van der Waals surface area contributed by atoms with Crippen LogP contribution in [0.4, 0.5) is 0 Å². The van der Waals surface area contributed by atoms with Crippen LogP contribution in [0.2, 0.25) is 0 Å². The van der Waals surface area contributed by atoms with E-state index < -0.39 is 0 Å². The molecule has 5 aromatic rings. The summed E-state index contributed by atoms with van der Waals surface area (Å²) < 4.78 is 9.38. The molecule has 0 spiro atoms. The molecule has 0 unspecified atom stereocenters. The van der Waals surface area contributed by atoms with Crippen LogP contribution in [0.25, 0.3) is 21.5 Å². The van der Waals surface area contributed by atoms with Crippen molar-refractivity contribution in [1.82, 2.24) is 0 Å². The van der Waals surface area contributed by atoms with Gasteiger partial charge < -0.3 is 0 Å². The highest BCUT2D eigenvalue weighted by Gasteiger charge is 2.66. The lowest BCUT2D eigenvalue weighted by Gasteiger charge is -2.26. The third kappa shape index (κ3) is 2.40. The molecule has 6 rings (SSSR count). The number of benzene rings is 5. The number of hydrogen-bond acceptors (Lipinski definition) is 0. The highest BCUT2D eigenvalue weighted by molar-refractivity contribution is 5.86. The summed E-state index contributed by atoms with van der Waals surface area (Å²) in [6, 6.07) is 41.2. The predicted octanol–water partition coefficient (Wildman–Crippen LogP) is 7.64. The van der Waals surface area contributed by atoms with Gasteiger partial charge in [-0.15, -0.1) is 0 Å². The molecular formula is C30H24. The quantitative estimate of drug-likeness (QED) is 0.299. The van der Waals surface area contributed by atoms with Crippen LogP contribution in [0.3, 0.4) is 0 Å². The Bertz CT molecular complexity index is 1340.